The molecule has 0 aliphatic heterocycles. The van der Waals surface area contributed by atoms with Crippen LogP contribution in [0.5, 0.6) is 5.75 Å². The van der Waals surface area contributed by atoms with Crippen LogP contribution in [-0.4, -0.2) is 23.3 Å². The number of pyridine rings is 1. The minimum Gasteiger partial charge on any atom is -0.495 e. The minimum atomic E-state index is -0.393. The highest BCUT2D eigenvalue weighted by atomic mass is 32.2. The van der Waals surface area contributed by atoms with E-state index in [0.717, 1.165) is 25.0 Å². The molecule has 1 amide bonds. The zero-order valence-corrected chi connectivity index (χ0v) is 16.6. The molecule has 6 heteroatoms. The third-order valence-electron chi connectivity index (χ3n) is 4.74. The van der Waals surface area contributed by atoms with Gasteiger partial charge in [0.15, 0.2) is 0 Å². The number of thioether (sulfide) groups is 1. The van der Waals surface area contributed by atoms with E-state index in [0.29, 0.717) is 27.9 Å². The second kappa shape index (κ2) is 8.45. The number of hydrogen-bond acceptors (Lipinski definition) is 5. The molecule has 5 nitrogen and oxygen atoms in total. The summed E-state index contributed by atoms with van der Waals surface area (Å²) >= 11 is 1.32. The van der Waals surface area contributed by atoms with Crippen LogP contribution >= 0.6 is 11.8 Å². The number of benzene rings is 1. The number of carbonyl (C=O) groups is 1. The van der Waals surface area contributed by atoms with E-state index in [1.807, 2.05) is 25.1 Å². The smallest absolute Gasteiger partial charge is 0.237 e. The van der Waals surface area contributed by atoms with Gasteiger partial charge >= 0.3 is 0 Å². The number of hydrogen-bond donors (Lipinski definition) is 1. The first-order chi connectivity index (χ1) is 13.0. The predicted octanol–water partition coefficient (Wildman–Crippen LogP) is 4.21. The highest BCUT2D eigenvalue weighted by Gasteiger charge is 2.23. The van der Waals surface area contributed by atoms with Crippen molar-refractivity contribution in [2.75, 3.05) is 12.4 Å². The van der Waals surface area contributed by atoms with E-state index < -0.39 is 5.25 Å². The molecule has 2 atom stereocenters. The number of nitrogens with one attached hydrogen (secondary N) is 1. The number of aromatic nitrogens is 1. The van der Waals surface area contributed by atoms with Gasteiger partial charge in [-0.1, -0.05) is 30.8 Å². The molecule has 1 aliphatic rings. The minimum absolute atomic E-state index is 0.151. The Morgan fingerprint density at radius 2 is 2.22 bits per heavy atom. The fourth-order valence-electron chi connectivity index (χ4n) is 3.20. The number of anilines is 1. The highest BCUT2D eigenvalue weighted by Crippen LogP contribution is 2.32. The Balaban J connectivity index is 1.76. The van der Waals surface area contributed by atoms with Gasteiger partial charge in [0.25, 0.3) is 0 Å². The Morgan fingerprint density at radius 1 is 1.44 bits per heavy atom. The van der Waals surface area contributed by atoms with Gasteiger partial charge in [-0.05, 0) is 55.9 Å². The molecule has 3 rings (SSSR count). The second-order valence-electron chi connectivity index (χ2n) is 6.86. The van der Waals surface area contributed by atoms with Gasteiger partial charge < -0.3 is 10.1 Å². The molecule has 1 heterocycles. The maximum atomic E-state index is 12.6. The van der Waals surface area contributed by atoms with Crippen LogP contribution in [0.15, 0.2) is 35.4 Å². The van der Waals surface area contributed by atoms with Crippen molar-refractivity contribution in [1.29, 1.82) is 5.26 Å². The van der Waals surface area contributed by atoms with Crippen LogP contribution in [0.25, 0.3) is 0 Å². The lowest BCUT2D eigenvalue weighted by atomic mass is 9.87. The highest BCUT2D eigenvalue weighted by molar-refractivity contribution is 8.00. The Hall–Kier alpha value is -2.52. The first kappa shape index (κ1) is 19.2. The molecule has 0 bridgehead atoms. The number of fused-ring (bicyclic) bond motifs is 1. The zero-order valence-electron chi connectivity index (χ0n) is 15.8. The van der Waals surface area contributed by atoms with Gasteiger partial charge in [-0.15, -0.1) is 0 Å². The van der Waals surface area contributed by atoms with Crippen LogP contribution in [0.4, 0.5) is 5.69 Å². The fraction of sp³-hybridized carbons (Fsp3) is 0.381. The molecule has 1 aromatic carbocycles. The number of carbonyl (C=O) groups excluding carboxylic acids is 1. The Bertz CT molecular complexity index is 891. The van der Waals surface area contributed by atoms with Crippen LogP contribution in [0.2, 0.25) is 0 Å². The normalized spacial score (nSPS) is 16.7. The summed E-state index contributed by atoms with van der Waals surface area (Å²) in [6, 6.07) is 11.5. The van der Waals surface area contributed by atoms with E-state index in [2.05, 4.69) is 18.3 Å². The summed E-state index contributed by atoms with van der Waals surface area (Å²) in [4.78, 5) is 17.3. The summed E-state index contributed by atoms with van der Waals surface area (Å²) < 4.78 is 5.27. The van der Waals surface area contributed by atoms with E-state index in [9.17, 15) is 10.1 Å². The number of rotatable bonds is 5. The van der Waals surface area contributed by atoms with Crippen molar-refractivity contribution in [2.24, 2.45) is 5.92 Å². The summed E-state index contributed by atoms with van der Waals surface area (Å²) in [5.74, 6) is 1.08. The first-order valence-corrected chi connectivity index (χ1v) is 9.93. The third-order valence-corrected chi connectivity index (χ3v) is 5.84. The standard InChI is InChI=1S/C21H23N3O2S/c1-13-8-9-17-15(10-13)11-16(12-22)21(24-17)27-14(2)20(25)23-18-6-4-5-7-19(18)26-3/h4-7,11,13-14H,8-10H2,1-3H3,(H,23,25). The summed E-state index contributed by atoms with van der Waals surface area (Å²) in [7, 11) is 1.57. The van der Waals surface area contributed by atoms with Crippen LogP contribution in [0.1, 0.15) is 37.1 Å². The molecule has 140 valence electrons. The molecular formula is C21H23N3O2S. The lowest BCUT2D eigenvalue weighted by Gasteiger charge is -2.22. The summed E-state index contributed by atoms with van der Waals surface area (Å²) in [6.45, 7) is 4.04. The van der Waals surface area contributed by atoms with Gasteiger partial charge in [-0.25, -0.2) is 4.98 Å². The topological polar surface area (TPSA) is 75.0 Å². The third kappa shape index (κ3) is 4.42. The zero-order chi connectivity index (χ0) is 19.4. The van der Waals surface area contributed by atoms with Crippen molar-refractivity contribution >= 4 is 23.4 Å². The van der Waals surface area contributed by atoms with Crippen molar-refractivity contribution in [3.8, 4) is 11.8 Å². The van der Waals surface area contributed by atoms with Gasteiger partial charge in [0.1, 0.15) is 16.8 Å². The van der Waals surface area contributed by atoms with Crippen molar-refractivity contribution in [1.82, 2.24) is 4.98 Å². The molecule has 0 saturated carbocycles. The number of ether oxygens (including phenoxy) is 1. The van der Waals surface area contributed by atoms with Crippen molar-refractivity contribution in [2.45, 2.75) is 43.4 Å². The van der Waals surface area contributed by atoms with Gasteiger partial charge in [-0.3, -0.25) is 4.79 Å². The summed E-state index contributed by atoms with van der Waals surface area (Å²) in [5, 5.41) is 12.7. The lowest BCUT2D eigenvalue weighted by molar-refractivity contribution is -0.115. The van der Waals surface area contributed by atoms with Gasteiger partial charge in [0, 0.05) is 5.69 Å². The van der Waals surface area contributed by atoms with Crippen molar-refractivity contribution in [3.05, 3.63) is 47.2 Å². The Morgan fingerprint density at radius 3 is 2.96 bits per heavy atom. The molecule has 0 radical (unpaired) electrons. The molecule has 2 unspecified atom stereocenters. The predicted molar refractivity (Wildman–Crippen MR) is 107 cm³/mol. The van der Waals surface area contributed by atoms with E-state index in [4.69, 9.17) is 9.72 Å². The van der Waals surface area contributed by atoms with E-state index in [-0.39, 0.29) is 5.91 Å². The number of methoxy groups -OCH3 is 1. The van der Waals surface area contributed by atoms with E-state index in [1.54, 1.807) is 19.2 Å². The summed E-state index contributed by atoms with van der Waals surface area (Å²) in [5.41, 5.74) is 3.41. The first-order valence-electron chi connectivity index (χ1n) is 9.05. The molecule has 1 N–H and O–H groups in total. The number of para-hydroxylation sites is 2. The monoisotopic (exact) mass is 381 g/mol. The van der Waals surface area contributed by atoms with E-state index in [1.165, 1.54) is 17.3 Å². The van der Waals surface area contributed by atoms with Crippen molar-refractivity contribution in [3.63, 3.8) is 0 Å². The molecule has 0 saturated heterocycles. The SMILES string of the molecule is COc1ccccc1NC(=O)C(C)Sc1nc2c(cc1C#N)CC(C)CC2. The molecule has 27 heavy (non-hydrogen) atoms. The average molecular weight is 382 g/mol. The van der Waals surface area contributed by atoms with Crippen LogP contribution < -0.4 is 10.1 Å². The second-order valence-corrected chi connectivity index (χ2v) is 8.19. The molecule has 0 spiro atoms. The largest absolute Gasteiger partial charge is 0.495 e. The van der Waals surface area contributed by atoms with Gasteiger partial charge in [0.2, 0.25) is 5.91 Å². The quantitative estimate of drug-likeness (QED) is 0.786. The maximum Gasteiger partial charge on any atom is 0.237 e. The number of amides is 1. The van der Waals surface area contributed by atoms with E-state index >= 15 is 0 Å². The number of nitrogens with zero attached hydrogens (tertiary/aromatic N) is 2. The van der Waals surface area contributed by atoms with Crippen molar-refractivity contribution < 1.29 is 9.53 Å². The Kier molecular flexibility index (Phi) is 6.02. The Labute approximate surface area is 164 Å². The van der Waals surface area contributed by atoms with Crippen LogP contribution in [0, 0.1) is 17.2 Å². The molecule has 2 aromatic rings. The number of nitriles is 1. The molecule has 1 aliphatic carbocycles. The summed E-state index contributed by atoms with van der Waals surface area (Å²) in [6.07, 6.45) is 3.00. The fourth-order valence-corrected chi connectivity index (χ4v) is 4.10. The molecule has 1 aromatic heterocycles. The van der Waals surface area contributed by atoms with Gasteiger partial charge in [-0.2, -0.15) is 5.26 Å². The van der Waals surface area contributed by atoms with Gasteiger partial charge in [0.05, 0.1) is 23.6 Å². The maximum absolute atomic E-state index is 12.6. The average Bonchev–Trinajstić information content (AvgIpc) is 2.67. The van der Waals surface area contributed by atoms with Crippen LogP contribution in [-0.2, 0) is 17.6 Å². The van der Waals surface area contributed by atoms with Crippen LogP contribution in [0.3, 0.4) is 0 Å². The lowest BCUT2D eigenvalue weighted by Crippen LogP contribution is -2.23. The molecular weight excluding hydrogens is 358 g/mol. The number of aryl methyl sites for hydroxylation is 1. The molecule has 0 fully saturated rings.